The van der Waals surface area contributed by atoms with E-state index in [1.165, 1.54) is 11.8 Å². The topological polar surface area (TPSA) is 146 Å². The molecule has 0 radical (unpaired) electrons. The number of aromatic amines is 1. The number of hydrogen-bond donors (Lipinski definition) is 4. The molecule has 0 saturated heterocycles. The maximum absolute atomic E-state index is 12.5. The molecule has 3 aromatic rings. The minimum atomic E-state index is -1.06. The summed E-state index contributed by atoms with van der Waals surface area (Å²) in [6.45, 7) is 6.37. The summed E-state index contributed by atoms with van der Waals surface area (Å²) in [6.07, 6.45) is 2.87. The van der Waals surface area contributed by atoms with Gasteiger partial charge in [-0.05, 0) is 42.3 Å². The molecule has 33 heavy (non-hydrogen) atoms. The predicted octanol–water partition coefficient (Wildman–Crippen LogP) is 3.56. The number of rotatable bonds is 9. The summed E-state index contributed by atoms with van der Waals surface area (Å²) in [7, 11) is 0. The van der Waals surface area contributed by atoms with Crippen molar-refractivity contribution in [1.82, 2.24) is 15.0 Å². The van der Waals surface area contributed by atoms with Crippen LogP contribution in [0.25, 0.3) is 0 Å². The largest absolute Gasteiger partial charge is 0.491 e. The van der Waals surface area contributed by atoms with E-state index in [0.29, 0.717) is 27.4 Å². The first-order chi connectivity index (χ1) is 15.7. The molecule has 0 aliphatic carbocycles. The molecule has 0 atom stereocenters. The zero-order chi connectivity index (χ0) is 24.0. The van der Waals surface area contributed by atoms with E-state index in [4.69, 9.17) is 9.84 Å². The fourth-order valence-corrected chi connectivity index (χ4v) is 4.56. The van der Waals surface area contributed by atoms with Crippen LogP contribution in [-0.4, -0.2) is 44.4 Å². The Balaban J connectivity index is 1.71. The van der Waals surface area contributed by atoms with Crippen molar-refractivity contribution in [3.8, 4) is 5.75 Å². The van der Waals surface area contributed by atoms with Crippen molar-refractivity contribution >= 4 is 51.7 Å². The van der Waals surface area contributed by atoms with Crippen LogP contribution in [-0.2, 0) is 20.8 Å². The number of nitrogens with one attached hydrogen (secondary N) is 3. The smallest absolute Gasteiger partial charge is 0.315 e. The van der Waals surface area contributed by atoms with Gasteiger partial charge in [0.15, 0.2) is 10.3 Å². The van der Waals surface area contributed by atoms with Crippen LogP contribution in [0.2, 0.25) is 0 Å². The maximum Gasteiger partial charge on any atom is 0.315 e. The van der Waals surface area contributed by atoms with Gasteiger partial charge in [-0.1, -0.05) is 31.3 Å². The Labute approximate surface area is 198 Å². The number of H-pyrrole nitrogens is 1. The van der Waals surface area contributed by atoms with Crippen molar-refractivity contribution in [3.63, 3.8) is 0 Å². The Morgan fingerprint density at radius 2 is 2.00 bits per heavy atom. The zero-order valence-corrected chi connectivity index (χ0v) is 19.8. The predicted molar refractivity (Wildman–Crippen MR) is 125 cm³/mol. The van der Waals surface area contributed by atoms with Crippen molar-refractivity contribution < 1.29 is 24.2 Å². The van der Waals surface area contributed by atoms with E-state index in [9.17, 15) is 14.4 Å². The number of carboxylic acids is 1. The summed E-state index contributed by atoms with van der Waals surface area (Å²) in [5, 5.41) is 14.8. The number of aromatic nitrogens is 3. The van der Waals surface area contributed by atoms with E-state index >= 15 is 0 Å². The number of nitrogens with zero attached hydrogens (tertiary/aromatic N) is 2. The summed E-state index contributed by atoms with van der Waals surface area (Å²) in [6, 6.07) is 5.25. The highest BCUT2D eigenvalue weighted by molar-refractivity contribution is 8.01. The molecule has 10 nitrogen and oxygen atoms in total. The summed E-state index contributed by atoms with van der Waals surface area (Å²) in [5.74, 6) is -2.14. The molecule has 4 N–H and O–H groups in total. The maximum atomic E-state index is 12.5. The van der Waals surface area contributed by atoms with Crippen LogP contribution >= 0.6 is 23.1 Å². The molecular formula is C21H23N5O5S2. The van der Waals surface area contributed by atoms with E-state index in [-0.39, 0.29) is 23.2 Å². The molecule has 174 valence electrons. The number of anilines is 2. The highest BCUT2D eigenvalue weighted by Gasteiger charge is 2.21. The Kier molecular flexibility index (Phi) is 8.06. The Morgan fingerprint density at radius 3 is 2.67 bits per heavy atom. The molecule has 2 amide bonds. The second-order valence-electron chi connectivity index (χ2n) is 7.43. The third-order valence-corrected chi connectivity index (χ3v) is 6.17. The van der Waals surface area contributed by atoms with Crippen LogP contribution < -0.4 is 15.4 Å². The lowest BCUT2D eigenvalue weighted by atomic mass is 10.2. The van der Waals surface area contributed by atoms with Crippen molar-refractivity contribution in [2.45, 2.75) is 36.6 Å². The second-order valence-corrected chi connectivity index (χ2v) is 9.69. The second kappa shape index (κ2) is 11.0. The molecule has 2 aromatic heterocycles. The molecule has 0 aliphatic heterocycles. The van der Waals surface area contributed by atoms with Crippen molar-refractivity contribution in [2.24, 2.45) is 5.92 Å². The standard InChI is InChI=1S/C21H23N5O5S2/c1-11(2)10-31-15-8-12(3)4-5-13(15)24-17(29)18(30)26-21-25-14(9-16(27)28)19(33-21)32-20-22-6-7-23-20/h4-8,11H,9-10H2,1-3H3,(H,22,23)(H,24,29)(H,27,28)(H,25,26,30). The van der Waals surface area contributed by atoms with Gasteiger partial charge < -0.3 is 20.1 Å². The molecule has 0 spiro atoms. The van der Waals surface area contributed by atoms with Gasteiger partial charge in [0.1, 0.15) is 5.75 Å². The molecule has 3 rings (SSSR count). The summed E-state index contributed by atoms with van der Waals surface area (Å²) in [4.78, 5) is 47.3. The van der Waals surface area contributed by atoms with Gasteiger partial charge in [-0.2, -0.15) is 0 Å². The lowest BCUT2D eigenvalue weighted by Crippen LogP contribution is -2.29. The number of aryl methyl sites for hydroxylation is 1. The number of aliphatic carboxylic acids is 1. The lowest BCUT2D eigenvalue weighted by molar-refractivity contribution is -0.136. The number of carboxylic acid groups (broad SMARTS) is 1. The minimum Gasteiger partial charge on any atom is -0.491 e. The van der Waals surface area contributed by atoms with E-state index in [1.54, 1.807) is 30.6 Å². The van der Waals surface area contributed by atoms with Gasteiger partial charge >= 0.3 is 17.8 Å². The summed E-state index contributed by atoms with van der Waals surface area (Å²) >= 11 is 2.25. The highest BCUT2D eigenvalue weighted by Crippen LogP contribution is 2.36. The van der Waals surface area contributed by atoms with Gasteiger partial charge in [-0.25, -0.2) is 9.97 Å². The number of amides is 2. The average molecular weight is 490 g/mol. The van der Waals surface area contributed by atoms with Crippen molar-refractivity contribution in [1.29, 1.82) is 0 Å². The Hall–Kier alpha value is -3.38. The molecule has 0 saturated carbocycles. The number of carbonyl (C=O) groups is 3. The first-order valence-corrected chi connectivity index (χ1v) is 11.6. The Morgan fingerprint density at radius 1 is 1.24 bits per heavy atom. The zero-order valence-electron chi connectivity index (χ0n) is 18.2. The van der Waals surface area contributed by atoms with Crippen LogP contribution in [0.1, 0.15) is 25.1 Å². The van der Waals surface area contributed by atoms with E-state index < -0.39 is 17.8 Å². The van der Waals surface area contributed by atoms with Crippen molar-refractivity contribution in [3.05, 3.63) is 41.9 Å². The SMILES string of the molecule is Cc1ccc(NC(=O)C(=O)Nc2nc(CC(=O)O)c(Sc3ncc[nH]3)s2)c(OCC(C)C)c1. The number of hydrogen-bond acceptors (Lipinski definition) is 8. The average Bonchev–Trinajstić information content (AvgIpc) is 3.38. The number of thiazole rings is 1. The van der Waals surface area contributed by atoms with Crippen LogP contribution in [0.3, 0.4) is 0 Å². The van der Waals surface area contributed by atoms with Gasteiger partial charge in [0.2, 0.25) is 0 Å². The number of carbonyl (C=O) groups excluding carboxylic acids is 2. The third-order valence-electron chi connectivity index (χ3n) is 4.03. The molecule has 0 fully saturated rings. The van der Waals surface area contributed by atoms with E-state index in [0.717, 1.165) is 16.9 Å². The van der Waals surface area contributed by atoms with Crippen LogP contribution in [0, 0.1) is 12.8 Å². The molecule has 0 unspecified atom stereocenters. The van der Waals surface area contributed by atoms with Crippen LogP contribution in [0.15, 0.2) is 40.0 Å². The molecule has 12 heteroatoms. The molecule has 1 aromatic carbocycles. The lowest BCUT2D eigenvalue weighted by Gasteiger charge is -2.14. The molecule has 0 bridgehead atoms. The first kappa shape index (κ1) is 24.3. The number of benzene rings is 1. The highest BCUT2D eigenvalue weighted by atomic mass is 32.2. The van der Waals surface area contributed by atoms with Gasteiger partial charge in [0.05, 0.1) is 28.6 Å². The summed E-state index contributed by atoms with van der Waals surface area (Å²) in [5.41, 5.74) is 1.60. The first-order valence-electron chi connectivity index (χ1n) is 9.95. The van der Waals surface area contributed by atoms with Gasteiger partial charge in [-0.15, -0.1) is 0 Å². The molecule has 0 aliphatic rings. The minimum absolute atomic E-state index is 0.112. The van der Waals surface area contributed by atoms with Gasteiger partial charge in [0.25, 0.3) is 0 Å². The quantitative estimate of drug-likeness (QED) is 0.334. The number of imidazole rings is 1. The van der Waals surface area contributed by atoms with E-state index in [2.05, 4.69) is 25.6 Å². The fraction of sp³-hybridized carbons (Fsp3) is 0.286. The normalized spacial score (nSPS) is 10.8. The van der Waals surface area contributed by atoms with Gasteiger partial charge in [-0.3, -0.25) is 19.7 Å². The third kappa shape index (κ3) is 7.05. The fourth-order valence-electron chi connectivity index (χ4n) is 2.56. The van der Waals surface area contributed by atoms with Crippen LogP contribution in [0.5, 0.6) is 5.75 Å². The summed E-state index contributed by atoms with van der Waals surface area (Å²) < 4.78 is 6.31. The monoisotopic (exact) mass is 489 g/mol. The van der Waals surface area contributed by atoms with Crippen molar-refractivity contribution in [2.75, 3.05) is 17.2 Å². The molecular weight excluding hydrogens is 466 g/mol. The van der Waals surface area contributed by atoms with E-state index in [1.807, 2.05) is 20.8 Å². The van der Waals surface area contributed by atoms with Gasteiger partial charge in [0, 0.05) is 12.4 Å². The Bertz CT molecular complexity index is 1140. The molecule has 2 heterocycles. The number of ether oxygens (including phenoxy) is 1. The van der Waals surface area contributed by atoms with Crippen LogP contribution in [0.4, 0.5) is 10.8 Å².